The summed E-state index contributed by atoms with van der Waals surface area (Å²) >= 11 is 0. The molecule has 0 aromatic carbocycles. The lowest BCUT2D eigenvalue weighted by molar-refractivity contribution is -0.757. The second-order valence-electron chi connectivity index (χ2n) is 2.81. The van der Waals surface area contributed by atoms with E-state index in [0.717, 1.165) is 6.42 Å². The predicted octanol–water partition coefficient (Wildman–Crippen LogP) is 2.72. The minimum atomic E-state index is -0.759. The molecule has 0 amide bonds. The zero-order valence-corrected chi connectivity index (χ0v) is 8.07. The second kappa shape index (κ2) is 9.03. The SMILES string of the molecule is CCCCCC=CCCO[N+](=O)[O-]. The lowest BCUT2D eigenvalue weighted by Crippen LogP contribution is -2.00. The van der Waals surface area contributed by atoms with Gasteiger partial charge in [0.1, 0.15) is 0 Å². The standard InChI is InChI=1S/C9H17NO3/c1-2-3-4-5-6-7-8-9-13-10(11)12/h6-7H,2-5,8-9H2,1H3. The third-order valence-electron chi connectivity index (χ3n) is 1.62. The highest BCUT2D eigenvalue weighted by molar-refractivity contribution is 4.80. The number of hydrogen-bond acceptors (Lipinski definition) is 3. The fourth-order valence-corrected chi connectivity index (χ4v) is 0.943. The van der Waals surface area contributed by atoms with Gasteiger partial charge < -0.3 is 4.84 Å². The van der Waals surface area contributed by atoms with Crippen molar-refractivity contribution in [2.45, 2.75) is 39.0 Å². The highest BCUT2D eigenvalue weighted by Gasteiger charge is 1.90. The molecule has 0 fully saturated rings. The van der Waals surface area contributed by atoms with E-state index >= 15 is 0 Å². The molecule has 13 heavy (non-hydrogen) atoms. The molecule has 0 bridgehead atoms. The van der Waals surface area contributed by atoms with Crippen LogP contribution in [-0.2, 0) is 4.84 Å². The van der Waals surface area contributed by atoms with Crippen molar-refractivity contribution < 1.29 is 9.92 Å². The van der Waals surface area contributed by atoms with Gasteiger partial charge in [0.05, 0.1) is 6.61 Å². The van der Waals surface area contributed by atoms with Crippen molar-refractivity contribution in [3.05, 3.63) is 22.3 Å². The van der Waals surface area contributed by atoms with Crippen LogP contribution in [0.4, 0.5) is 0 Å². The van der Waals surface area contributed by atoms with Crippen LogP contribution >= 0.6 is 0 Å². The summed E-state index contributed by atoms with van der Waals surface area (Å²) in [6.45, 7) is 2.33. The van der Waals surface area contributed by atoms with Gasteiger partial charge in [0, 0.05) is 0 Å². The van der Waals surface area contributed by atoms with Crippen molar-refractivity contribution in [2.24, 2.45) is 0 Å². The second-order valence-corrected chi connectivity index (χ2v) is 2.81. The smallest absolute Gasteiger partial charge is 0.294 e. The molecule has 0 aromatic heterocycles. The number of hydrogen-bond donors (Lipinski definition) is 0. The van der Waals surface area contributed by atoms with Gasteiger partial charge in [0.15, 0.2) is 0 Å². The molecule has 0 aliphatic rings. The first-order valence-electron chi connectivity index (χ1n) is 4.69. The van der Waals surface area contributed by atoms with Crippen molar-refractivity contribution in [3.8, 4) is 0 Å². The van der Waals surface area contributed by atoms with E-state index in [9.17, 15) is 10.1 Å². The van der Waals surface area contributed by atoms with Crippen LogP contribution in [0.15, 0.2) is 12.2 Å². The molecule has 0 spiro atoms. The molecular formula is C9H17NO3. The minimum Gasteiger partial charge on any atom is -0.314 e. The third kappa shape index (κ3) is 10.9. The van der Waals surface area contributed by atoms with Gasteiger partial charge in [0.2, 0.25) is 0 Å². The van der Waals surface area contributed by atoms with Gasteiger partial charge in [-0.3, -0.25) is 0 Å². The number of unbranched alkanes of at least 4 members (excludes halogenated alkanes) is 3. The summed E-state index contributed by atoms with van der Waals surface area (Å²) in [7, 11) is 0. The van der Waals surface area contributed by atoms with E-state index in [4.69, 9.17) is 0 Å². The van der Waals surface area contributed by atoms with Gasteiger partial charge in [0.25, 0.3) is 5.09 Å². The van der Waals surface area contributed by atoms with Crippen LogP contribution in [0.2, 0.25) is 0 Å². The van der Waals surface area contributed by atoms with E-state index in [1.165, 1.54) is 19.3 Å². The van der Waals surface area contributed by atoms with Crippen LogP contribution in [0.3, 0.4) is 0 Å². The van der Waals surface area contributed by atoms with E-state index in [-0.39, 0.29) is 6.61 Å². The summed E-state index contributed by atoms with van der Waals surface area (Å²) < 4.78 is 0. The van der Waals surface area contributed by atoms with E-state index in [1.807, 2.05) is 6.08 Å². The van der Waals surface area contributed by atoms with E-state index in [1.54, 1.807) is 0 Å². The average molecular weight is 187 g/mol. The van der Waals surface area contributed by atoms with Crippen LogP contribution in [-0.4, -0.2) is 11.7 Å². The van der Waals surface area contributed by atoms with Crippen molar-refractivity contribution in [1.82, 2.24) is 0 Å². The largest absolute Gasteiger partial charge is 0.314 e. The van der Waals surface area contributed by atoms with Gasteiger partial charge >= 0.3 is 0 Å². The molecule has 0 unspecified atom stereocenters. The van der Waals surface area contributed by atoms with Crippen molar-refractivity contribution in [3.63, 3.8) is 0 Å². The molecule has 4 heteroatoms. The van der Waals surface area contributed by atoms with E-state index in [2.05, 4.69) is 17.8 Å². The number of nitrogens with zero attached hydrogens (tertiary/aromatic N) is 1. The number of allylic oxidation sites excluding steroid dienone is 1. The molecule has 0 aromatic rings. The fourth-order valence-electron chi connectivity index (χ4n) is 0.943. The molecular weight excluding hydrogens is 170 g/mol. The Balaban J connectivity index is 3.08. The monoisotopic (exact) mass is 187 g/mol. The summed E-state index contributed by atoms with van der Waals surface area (Å²) in [4.78, 5) is 13.9. The van der Waals surface area contributed by atoms with Crippen LogP contribution in [0.5, 0.6) is 0 Å². The van der Waals surface area contributed by atoms with Crippen LogP contribution in [0.1, 0.15) is 39.0 Å². The zero-order valence-electron chi connectivity index (χ0n) is 8.07. The van der Waals surface area contributed by atoms with Crippen LogP contribution in [0, 0.1) is 10.1 Å². The highest BCUT2D eigenvalue weighted by Crippen LogP contribution is 2.00. The van der Waals surface area contributed by atoms with Gasteiger partial charge in [-0.05, 0) is 19.3 Å². The molecule has 0 heterocycles. The maximum atomic E-state index is 9.73. The Kier molecular flexibility index (Phi) is 8.30. The summed E-state index contributed by atoms with van der Waals surface area (Å²) in [5.74, 6) is 0. The van der Waals surface area contributed by atoms with Gasteiger partial charge in [-0.15, -0.1) is 10.1 Å². The van der Waals surface area contributed by atoms with E-state index < -0.39 is 5.09 Å². The molecule has 4 nitrogen and oxygen atoms in total. The normalized spacial score (nSPS) is 10.5. The molecule has 0 radical (unpaired) electrons. The quantitative estimate of drug-likeness (QED) is 0.254. The van der Waals surface area contributed by atoms with Crippen molar-refractivity contribution in [1.29, 1.82) is 0 Å². The molecule has 0 aliphatic heterocycles. The van der Waals surface area contributed by atoms with Crippen molar-refractivity contribution in [2.75, 3.05) is 6.61 Å². The summed E-state index contributed by atoms with van der Waals surface area (Å²) in [5, 5.41) is 8.97. The molecule has 0 rings (SSSR count). The summed E-state index contributed by atoms with van der Waals surface area (Å²) in [5.41, 5.74) is 0. The first-order chi connectivity index (χ1) is 6.27. The Morgan fingerprint density at radius 2 is 2.00 bits per heavy atom. The Labute approximate surface area is 78.7 Å². The summed E-state index contributed by atoms with van der Waals surface area (Å²) in [6.07, 6.45) is 9.33. The highest BCUT2D eigenvalue weighted by atomic mass is 16.9. The maximum Gasteiger partial charge on any atom is 0.294 e. The van der Waals surface area contributed by atoms with Gasteiger partial charge in [-0.25, -0.2) is 0 Å². The molecule has 76 valence electrons. The molecule has 0 saturated heterocycles. The Morgan fingerprint density at radius 3 is 2.62 bits per heavy atom. The first kappa shape index (κ1) is 11.9. The predicted molar refractivity (Wildman–Crippen MR) is 50.8 cm³/mol. The molecule has 0 N–H and O–H groups in total. The summed E-state index contributed by atoms with van der Waals surface area (Å²) in [6, 6.07) is 0. The fraction of sp³-hybridized carbons (Fsp3) is 0.778. The van der Waals surface area contributed by atoms with Crippen LogP contribution in [0.25, 0.3) is 0 Å². The zero-order chi connectivity index (χ0) is 9.94. The molecule has 0 atom stereocenters. The van der Waals surface area contributed by atoms with Gasteiger partial charge in [-0.1, -0.05) is 31.9 Å². The van der Waals surface area contributed by atoms with Crippen LogP contribution < -0.4 is 0 Å². The minimum absolute atomic E-state index is 0.164. The molecule has 0 saturated carbocycles. The lowest BCUT2D eigenvalue weighted by atomic mass is 10.2. The Morgan fingerprint density at radius 1 is 1.31 bits per heavy atom. The lowest BCUT2D eigenvalue weighted by Gasteiger charge is -1.93. The molecule has 0 aliphatic carbocycles. The number of rotatable bonds is 8. The van der Waals surface area contributed by atoms with Gasteiger partial charge in [-0.2, -0.15) is 0 Å². The van der Waals surface area contributed by atoms with Crippen molar-refractivity contribution >= 4 is 0 Å². The Bertz CT molecular complexity index is 157. The van der Waals surface area contributed by atoms with E-state index in [0.29, 0.717) is 6.42 Å². The first-order valence-corrected chi connectivity index (χ1v) is 4.69. The average Bonchev–Trinajstić information content (AvgIpc) is 2.09. The Hall–Kier alpha value is -1.06. The third-order valence-corrected chi connectivity index (χ3v) is 1.62. The topological polar surface area (TPSA) is 52.4 Å². The maximum absolute atomic E-state index is 9.73.